The molecule has 0 unspecified atom stereocenters. The topological polar surface area (TPSA) is 87.2 Å². The van der Waals surface area contributed by atoms with Gasteiger partial charge in [0.2, 0.25) is 5.95 Å². The smallest absolute Gasteiger partial charge is 0.263 e. The first-order chi connectivity index (χ1) is 17.6. The minimum absolute atomic E-state index is 0.0714. The van der Waals surface area contributed by atoms with Gasteiger partial charge in [-0.3, -0.25) is 4.72 Å². The number of hydrogen-bond donors (Lipinski definition) is 2. The Hall–Kier alpha value is -3.01. The Morgan fingerprint density at radius 1 is 1.05 bits per heavy atom. The molecule has 0 amide bonds. The quantitative estimate of drug-likeness (QED) is 0.371. The maximum atomic E-state index is 14.9. The summed E-state index contributed by atoms with van der Waals surface area (Å²) in [5, 5.41) is 3.50. The SMILES string of the molecule is Cc1cc(NS(=O)(=O)c2ccccc2Cl)cc(F)c1/C=C/c1cnc(N[C@H]2CC[C@H](N(C)C)CC2)nc1. The molecule has 3 aromatic rings. The zero-order valence-electron chi connectivity index (χ0n) is 21.1. The lowest BCUT2D eigenvalue weighted by molar-refractivity contribution is 0.221. The molecule has 1 aliphatic rings. The van der Waals surface area contributed by atoms with Crippen LogP contribution in [0.25, 0.3) is 12.2 Å². The molecule has 1 saturated carbocycles. The van der Waals surface area contributed by atoms with E-state index in [1.165, 1.54) is 12.1 Å². The first kappa shape index (κ1) is 27.0. The summed E-state index contributed by atoms with van der Waals surface area (Å²) in [5.41, 5.74) is 1.76. The number of aryl methyl sites for hydroxylation is 1. The van der Waals surface area contributed by atoms with E-state index in [0.717, 1.165) is 37.3 Å². The van der Waals surface area contributed by atoms with Crippen LogP contribution in [-0.4, -0.2) is 49.5 Å². The molecule has 1 aromatic heterocycles. The van der Waals surface area contributed by atoms with Gasteiger partial charge in [-0.15, -0.1) is 0 Å². The van der Waals surface area contributed by atoms with Gasteiger partial charge in [0, 0.05) is 35.6 Å². The van der Waals surface area contributed by atoms with E-state index in [1.54, 1.807) is 49.7 Å². The van der Waals surface area contributed by atoms with Gasteiger partial charge >= 0.3 is 0 Å². The summed E-state index contributed by atoms with van der Waals surface area (Å²) in [6, 6.07) is 9.81. The summed E-state index contributed by atoms with van der Waals surface area (Å²) in [7, 11) is 0.290. The highest BCUT2D eigenvalue weighted by Gasteiger charge is 2.23. The van der Waals surface area contributed by atoms with Gasteiger partial charge < -0.3 is 10.2 Å². The van der Waals surface area contributed by atoms with Crippen molar-refractivity contribution >= 4 is 45.4 Å². The van der Waals surface area contributed by atoms with Crippen LogP contribution in [0.15, 0.2) is 53.7 Å². The molecule has 0 saturated heterocycles. The molecular formula is C27H31ClFN5O2S. The average Bonchev–Trinajstić information content (AvgIpc) is 2.85. The molecule has 37 heavy (non-hydrogen) atoms. The van der Waals surface area contributed by atoms with Crippen LogP contribution in [0.3, 0.4) is 0 Å². The fourth-order valence-corrected chi connectivity index (χ4v) is 6.06. The number of benzene rings is 2. The second-order valence-corrected chi connectivity index (χ2v) is 11.6. The Kier molecular flexibility index (Phi) is 8.46. The maximum Gasteiger partial charge on any atom is 0.263 e. The van der Waals surface area contributed by atoms with Crippen molar-refractivity contribution in [3.63, 3.8) is 0 Å². The van der Waals surface area contributed by atoms with Crippen LogP contribution in [0, 0.1) is 12.7 Å². The molecule has 10 heteroatoms. The molecule has 196 valence electrons. The van der Waals surface area contributed by atoms with Gasteiger partial charge in [0.1, 0.15) is 10.7 Å². The number of sulfonamides is 1. The first-order valence-electron chi connectivity index (χ1n) is 12.1. The van der Waals surface area contributed by atoms with E-state index in [9.17, 15) is 12.8 Å². The second kappa shape index (κ2) is 11.6. The van der Waals surface area contributed by atoms with Gasteiger partial charge in [-0.25, -0.2) is 22.8 Å². The summed E-state index contributed by atoms with van der Waals surface area (Å²) in [5.74, 6) is 0.0311. The molecule has 0 spiro atoms. The minimum atomic E-state index is -3.96. The third-order valence-electron chi connectivity index (χ3n) is 6.59. The lowest BCUT2D eigenvalue weighted by Crippen LogP contribution is -2.36. The van der Waals surface area contributed by atoms with Gasteiger partial charge in [0.25, 0.3) is 10.0 Å². The van der Waals surface area contributed by atoms with Gasteiger partial charge in [-0.05, 0) is 76.5 Å². The monoisotopic (exact) mass is 543 g/mol. The predicted octanol–water partition coefficient (Wildman–Crippen LogP) is 5.83. The van der Waals surface area contributed by atoms with Crippen LogP contribution in [0.5, 0.6) is 0 Å². The van der Waals surface area contributed by atoms with E-state index in [-0.39, 0.29) is 15.6 Å². The van der Waals surface area contributed by atoms with E-state index in [4.69, 9.17) is 11.6 Å². The lowest BCUT2D eigenvalue weighted by atomic mass is 9.91. The third-order valence-corrected chi connectivity index (χ3v) is 8.47. The average molecular weight is 544 g/mol. The summed E-state index contributed by atoms with van der Waals surface area (Å²) >= 11 is 6.02. The molecule has 0 atom stereocenters. The van der Waals surface area contributed by atoms with Crippen molar-refractivity contribution in [1.82, 2.24) is 14.9 Å². The summed E-state index contributed by atoms with van der Waals surface area (Å²) < 4.78 is 42.7. The van der Waals surface area contributed by atoms with Crippen LogP contribution < -0.4 is 10.0 Å². The van der Waals surface area contributed by atoms with Crippen molar-refractivity contribution in [1.29, 1.82) is 0 Å². The highest BCUT2D eigenvalue weighted by molar-refractivity contribution is 7.92. The molecule has 1 heterocycles. The van der Waals surface area contributed by atoms with Gasteiger partial charge in [0.15, 0.2) is 0 Å². The van der Waals surface area contributed by atoms with Crippen molar-refractivity contribution in [2.24, 2.45) is 0 Å². The van der Waals surface area contributed by atoms with Gasteiger partial charge in [-0.1, -0.05) is 35.9 Å². The van der Waals surface area contributed by atoms with Crippen molar-refractivity contribution in [3.05, 3.63) is 76.3 Å². The van der Waals surface area contributed by atoms with Crippen LogP contribution in [0.4, 0.5) is 16.0 Å². The Morgan fingerprint density at radius 3 is 2.35 bits per heavy atom. The number of rotatable bonds is 8. The fraction of sp³-hybridized carbons (Fsp3) is 0.333. The Bertz CT molecular complexity index is 1350. The highest BCUT2D eigenvalue weighted by Crippen LogP contribution is 2.27. The maximum absolute atomic E-state index is 14.9. The van der Waals surface area contributed by atoms with E-state index >= 15 is 0 Å². The lowest BCUT2D eigenvalue weighted by Gasteiger charge is -2.32. The highest BCUT2D eigenvalue weighted by atomic mass is 35.5. The number of nitrogens with one attached hydrogen (secondary N) is 2. The molecule has 7 nitrogen and oxygen atoms in total. The van der Waals surface area contributed by atoms with E-state index in [1.807, 2.05) is 0 Å². The number of anilines is 2. The van der Waals surface area contributed by atoms with Crippen LogP contribution >= 0.6 is 11.6 Å². The van der Waals surface area contributed by atoms with E-state index < -0.39 is 15.8 Å². The van der Waals surface area contributed by atoms with E-state index in [0.29, 0.717) is 29.2 Å². The summed E-state index contributed by atoms with van der Waals surface area (Å²) in [4.78, 5) is 11.0. The summed E-state index contributed by atoms with van der Waals surface area (Å²) in [6.45, 7) is 1.71. The molecule has 4 rings (SSSR count). The zero-order valence-corrected chi connectivity index (χ0v) is 22.7. The Labute approximate surface area is 222 Å². The fourth-order valence-electron chi connectivity index (χ4n) is 4.50. The number of hydrogen-bond acceptors (Lipinski definition) is 6. The zero-order chi connectivity index (χ0) is 26.6. The molecule has 2 N–H and O–H groups in total. The molecule has 0 radical (unpaired) electrons. The molecule has 0 bridgehead atoms. The Balaban J connectivity index is 1.40. The molecule has 0 aliphatic heterocycles. The number of nitrogens with zero attached hydrogens (tertiary/aromatic N) is 3. The largest absolute Gasteiger partial charge is 0.351 e. The van der Waals surface area contributed by atoms with Crippen LogP contribution in [0.2, 0.25) is 5.02 Å². The van der Waals surface area contributed by atoms with E-state index in [2.05, 4.69) is 39.0 Å². The van der Waals surface area contributed by atoms with Crippen LogP contribution in [0.1, 0.15) is 42.4 Å². The first-order valence-corrected chi connectivity index (χ1v) is 14.0. The number of aromatic nitrogens is 2. The van der Waals surface area contributed by atoms with Crippen LogP contribution in [-0.2, 0) is 10.0 Å². The minimum Gasteiger partial charge on any atom is -0.351 e. The van der Waals surface area contributed by atoms with Crippen molar-refractivity contribution in [2.45, 2.75) is 49.6 Å². The van der Waals surface area contributed by atoms with Crippen molar-refractivity contribution in [3.8, 4) is 0 Å². The van der Waals surface area contributed by atoms with Crippen molar-refractivity contribution < 1.29 is 12.8 Å². The molecule has 1 fully saturated rings. The molecule has 1 aliphatic carbocycles. The molecular weight excluding hydrogens is 513 g/mol. The number of halogens is 2. The normalized spacial score (nSPS) is 18.3. The summed E-state index contributed by atoms with van der Waals surface area (Å²) in [6.07, 6.45) is 11.2. The third kappa shape index (κ3) is 6.85. The molecule has 2 aromatic carbocycles. The predicted molar refractivity (Wildman–Crippen MR) is 148 cm³/mol. The Morgan fingerprint density at radius 2 is 1.73 bits per heavy atom. The second-order valence-electron chi connectivity index (χ2n) is 9.51. The standard InChI is InChI=1S/C27H31ClFN5O2S/c1-18-14-21(33-37(35,36)26-7-5-4-6-24(26)28)15-25(29)23(18)13-8-19-16-30-27(31-17-19)32-20-9-11-22(12-10-20)34(2)3/h4-8,13-17,20,22,33H,9-12H2,1-3H3,(H,30,31,32)/b13-8+/t20-,22-. The van der Waals surface area contributed by atoms with Gasteiger partial charge in [-0.2, -0.15) is 0 Å². The van der Waals surface area contributed by atoms with Crippen molar-refractivity contribution in [2.75, 3.05) is 24.1 Å². The van der Waals surface area contributed by atoms with Gasteiger partial charge in [0.05, 0.1) is 10.7 Å².